The molecule has 6 heteroatoms. The van der Waals surface area contributed by atoms with Gasteiger partial charge in [-0.2, -0.15) is 0 Å². The number of amides is 1. The third kappa shape index (κ3) is 39.9. The van der Waals surface area contributed by atoms with Crippen molar-refractivity contribution in [3.05, 3.63) is 72.9 Å². The van der Waals surface area contributed by atoms with Crippen molar-refractivity contribution in [2.24, 2.45) is 0 Å². The van der Waals surface area contributed by atoms with Crippen molar-refractivity contribution in [2.75, 3.05) is 6.61 Å². The number of rotatable bonds is 41. The predicted octanol–water partition coefficient (Wildman–Crippen LogP) is 13.8. The van der Waals surface area contributed by atoms with Crippen LogP contribution in [0.1, 0.15) is 213 Å². The molecule has 1 amide bonds. The van der Waals surface area contributed by atoms with Crippen LogP contribution in [0.15, 0.2) is 72.9 Å². The summed E-state index contributed by atoms with van der Waals surface area (Å²) >= 11 is 0. The summed E-state index contributed by atoms with van der Waals surface area (Å²) in [4.78, 5) is 25.9. The van der Waals surface area contributed by atoms with Gasteiger partial charge in [-0.15, -0.1) is 0 Å². The second-order valence-corrected chi connectivity index (χ2v) is 15.8. The van der Waals surface area contributed by atoms with Crippen molar-refractivity contribution < 1.29 is 24.5 Å². The van der Waals surface area contributed by atoms with Gasteiger partial charge < -0.3 is 20.3 Å². The van der Waals surface area contributed by atoms with Crippen molar-refractivity contribution in [3.63, 3.8) is 0 Å². The van der Waals surface area contributed by atoms with Crippen LogP contribution in [0.25, 0.3) is 0 Å². The number of allylic oxidation sites excluding steroid dienone is 11. The number of hydrogen-bond donors (Lipinski definition) is 3. The second-order valence-electron chi connectivity index (χ2n) is 15.8. The minimum absolute atomic E-state index is 0.0233. The molecule has 0 rings (SSSR count). The molecule has 0 fully saturated rings. The quantitative estimate of drug-likeness (QED) is 0.0325. The summed E-state index contributed by atoms with van der Waals surface area (Å²) < 4.78 is 5.81. The van der Waals surface area contributed by atoms with Gasteiger partial charge in [-0.3, -0.25) is 9.59 Å². The van der Waals surface area contributed by atoms with Gasteiger partial charge in [0.25, 0.3) is 0 Å². The van der Waals surface area contributed by atoms with Crippen molar-refractivity contribution in [2.45, 2.75) is 232 Å². The highest BCUT2D eigenvalue weighted by atomic mass is 16.5. The molecule has 0 aliphatic carbocycles. The lowest BCUT2D eigenvalue weighted by Crippen LogP contribution is -2.46. The van der Waals surface area contributed by atoms with E-state index in [1.165, 1.54) is 109 Å². The van der Waals surface area contributed by atoms with E-state index in [1.807, 2.05) is 18.2 Å². The number of esters is 1. The van der Waals surface area contributed by atoms with Gasteiger partial charge in [0, 0.05) is 12.8 Å². The zero-order valence-corrected chi connectivity index (χ0v) is 37.2. The molecule has 3 unspecified atom stereocenters. The number of hydrogen-bond acceptors (Lipinski definition) is 5. The molecule has 0 spiro atoms. The fraction of sp³-hybridized carbons (Fsp3) is 0.725. The average Bonchev–Trinajstić information content (AvgIpc) is 3.20. The molecule has 0 aromatic rings. The lowest BCUT2D eigenvalue weighted by molar-refractivity contribution is -0.150. The predicted molar refractivity (Wildman–Crippen MR) is 245 cm³/mol. The van der Waals surface area contributed by atoms with Gasteiger partial charge in [-0.25, -0.2) is 0 Å². The number of nitrogens with one attached hydrogen (secondary N) is 1. The van der Waals surface area contributed by atoms with E-state index in [0.717, 1.165) is 51.4 Å². The normalized spacial score (nSPS) is 14.0. The summed E-state index contributed by atoms with van der Waals surface area (Å²) in [6.07, 6.45) is 55.6. The van der Waals surface area contributed by atoms with Gasteiger partial charge in [-0.05, 0) is 64.2 Å². The molecular weight excluding hydrogens is 707 g/mol. The number of ether oxygens (including phenoxy) is 1. The lowest BCUT2D eigenvalue weighted by Gasteiger charge is -2.24. The van der Waals surface area contributed by atoms with Gasteiger partial charge >= 0.3 is 5.97 Å². The number of aliphatic hydroxyl groups excluding tert-OH is 2. The van der Waals surface area contributed by atoms with Gasteiger partial charge in [0.2, 0.25) is 5.91 Å². The van der Waals surface area contributed by atoms with E-state index in [0.29, 0.717) is 19.3 Å². The minimum Gasteiger partial charge on any atom is -0.461 e. The Balaban J connectivity index is 4.84. The molecular formula is C51H89NO5. The Morgan fingerprint density at radius 2 is 0.930 bits per heavy atom. The molecule has 0 aromatic heterocycles. The van der Waals surface area contributed by atoms with Crippen LogP contribution < -0.4 is 5.32 Å². The van der Waals surface area contributed by atoms with E-state index in [1.54, 1.807) is 0 Å². The number of unbranched alkanes of at least 4 members (excludes halogenated alkanes) is 18. The molecule has 6 nitrogen and oxygen atoms in total. The van der Waals surface area contributed by atoms with E-state index in [4.69, 9.17) is 4.74 Å². The van der Waals surface area contributed by atoms with Gasteiger partial charge in [0.05, 0.1) is 25.2 Å². The zero-order valence-electron chi connectivity index (χ0n) is 37.2. The molecule has 3 N–H and O–H groups in total. The van der Waals surface area contributed by atoms with E-state index < -0.39 is 18.2 Å². The molecule has 0 heterocycles. The van der Waals surface area contributed by atoms with Crippen molar-refractivity contribution >= 4 is 11.9 Å². The van der Waals surface area contributed by atoms with E-state index in [-0.39, 0.29) is 31.3 Å². The zero-order chi connectivity index (χ0) is 41.7. The fourth-order valence-electron chi connectivity index (χ4n) is 6.64. The first-order chi connectivity index (χ1) is 28.0. The molecule has 0 aromatic carbocycles. The highest BCUT2D eigenvalue weighted by Gasteiger charge is 2.23. The lowest BCUT2D eigenvalue weighted by atomic mass is 10.0. The van der Waals surface area contributed by atoms with E-state index in [2.05, 4.69) is 80.8 Å². The van der Waals surface area contributed by atoms with Crippen LogP contribution in [0, 0.1) is 0 Å². The Labute approximate surface area is 351 Å². The summed E-state index contributed by atoms with van der Waals surface area (Å²) in [5.74, 6) is -0.663. The van der Waals surface area contributed by atoms with E-state index >= 15 is 0 Å². The molecule has 0 aliphatic heterocycles. The molecule has 0 saturated carbocycles. The van der Waals surface area contributed by atoms with Gasteiger partial charge in [-0.1, -0.05) is 203 Å². The van der Waals surface area contributed by atoms with Crippen LogP contribution >= 0.6 is 0 Å². The first-order valence-electron chi connectivity index (χ1n) is 23.7. The fourth-order valence-corrected chi connectivity index (χ4v) is 6.64. The Bertz CT molecular complexity index is 1070. The Morgan fingerprint density at radius 3 is 1.44 bits per heavy atom. The molecule has 0 radical (unpaired) electrons. The van der Waals surface area contributed by atoms with E-state index in [9.17, 15) is 19.8 Å². The van der Waals surface area contributed by atoms with Crippen molar-refractivity contribution in [1.29, 1.82) is 0 Å². The number of carbonyl (C=O) groups excluding carboxylic acids is 2. The maximum Gasteiger partial charge on any atom is 0.306 e. The van der Waals surface area contributed by atoms with Crippen LogP contribution in [0.2, 0.25) is 0 Å². The third-order valence-electron chi connectivity index (χ3n) is 10.3. The topological polar surface area (TPSA) is 95.9 Å². The monoisotopic (exact) mass is 796 g/mol. The minimum atomic E-state index is -0.820. The standard InChI is InChI=1S/C51H89NO5/c1-4-7-10-13-16-19-22-24-25-27-28-30-33-36-39-42-47(57-51(56)44-41-38-35-32-29-26-23-20-17-14-11-8-5-2)45-50(55)52-48(46-53)49(54)43-40-37-34-31-21-18-15-12-9-6-3/h16,19,24-26,28-30,35-36,38-39,47-49,53-54H,4-15,17-18,20-23,27,31-34,37,40-46H2,1-3H3,(H,52,55)/b19-16-,25-24-,29-26-,30-28-,38-35+,39-36-. The number of carbonyl (C=O) groups is 2. The van der Waals surface area contributed by atoms with Crippen LogP contribution in [0.4, 0.5) is 0 Å². The molecule has 0 bridgehead atoms. The smallest absolute Gasteiger partial charge is 0.306 e. The van der Waals surface area contributed by atoms with Gasteiger partial charge in [0.1, 0.15) is 6.10 Å². The third-order valence-corrected chi connectivity index (χ3v) is 10.3. The Hall–Kier alpha value is -2.70. The molecule has 0 saturated heterocycles. The molecule has 57 heavy (non-hydrogen) atoms. The molecule has 328 valence electrons. The van der Waals surface area contributed by atoms with Crippen molar-refractivity contribution in [1.82, 2.24) is 5.32 Å². The summed E-state index contributed by atoms with van der Waals surface area (Å²) in [6, 6.07) is -0.742. The highest BCUT2D eigenvalue weighted by molar-refractivity contribution is 5.77. The Morgan fingerprint density at radius 1 is 0.526 bits per heavy atom. The Kier molecular flexibility index (Phi) is 42.3. The van der Waals surface area contributed by atoms with Crippen LogP contribution in [-0.2, 0) is 14.3 Å². The molecule has 0 aliphatic rings. The van der Waals surface area contributed by atoms with Gasteiger partial charge in [0.15, 0.2) is 0 Å². The summed E-state index contributed by atoms with van der Waals surface area (Å²) in [5.41, 5.74) is 0. The van der Waals surface area contributed by atoms with Crippen molar-refractivity contribution in [3.8, 4) is 0 Å². The summed E-state index contributed by atoms with van der Waals surface area (Å²) in [6.45, 7) is 6.37. The maximum absolute atomic E-state index is 13.1. The van der Waals surface area contributed by atoms with Crippen LogP contribution in [-0.4, -0.2) is 46.9 Å². The molecule has 3 atom stereocenters. The first kappa shape index (κ1) is 54.3. The SMILES string of the molecule is CCCCC/C=C\C/C=C\C/C=C\C/C=C\CC(CC(=O)NC(CO)C(O)CCCCCCCCCCCC)OC(=O)CC/C=C/C/C=C\CCCCCCCC. The summed E-state index contributed by atoms with van der Waals surface area (Å²) in [5, 5.41) is 23.6. The largest absolute Gasteiger partial charge is 0.461 e. The average molecular weight is 796 g/mol. The first-order valence-corrected chi connectivity index (χ1v) is 23.7. The van der Waals surface area contributed by atoms with Crippen LogP contribution in [0.5, 0.6) is 0 Å². The second kappa shape index (κ2) is 44.4. The number of aliphatic hydroxyl groups is 2. The summed E-state index contributed by atoms with van der Waals surface area (Å²) in [7, 11) is 0. The van der Waals surface area contributed by atoms with Crippen LogP contribution in [0.3, 0.4) is 0 Å². The highest BCUT2D eigenvalue weighted by Crippen LogP contribution is 2.15. The maximum atomic E-state index is 13.1.